The van der Waals surface area contributed by atoms with Gasteiger partial charge in [-0.05, 0) is 6.92 Å². The van der Waals surface area contributed by atoms with Crippen molar-refractivity contribution < 1.29 is 30.2 Å². The molecule has 0 bridgehead atoms. The van der Waals surface area contributed by atoms with E-state index in [4.69, 9.17) is 28.8 Å². The lowest BCUT2D eigenvalue weighted by molar-refractivity contribution is -0.234. The Balaban J connectivity index is 0. The Morgan fingerprint density at radius 1 is 1.20 bits per heavy atom. The van der Waals surface area contributed by atoms with Crippen LogP contribution in [-0.2, 0) is 23.7 Å². The molecule has 1 heterocycles. The number of aliphatic hydroxyl groups excluding tert-OH is 1. The minimum Gasteiger partial charge on any atom is -0.394 e. The smallest absolute Gasteiger partial charge is 0.160 e. The van der Waals surface area contributed by atoms with Crippen LogP contribution in [0.2, 0.25) is 0 Å². The van der Waals surface area contributed by atoms with Crippen molar-refractivity contribution in [3.63, 3.8) is 0 Å². The molecule has 1 fully saturated rings. The van der Waals surface area contributed by atoms with Gasteiger partial charge < -0.3 is 28.8 Å². The summed E-state index contributed by atoms with van der Waals surface area (Å²) in [6.07, 6.45) is 0.405. The average Bonchev–Trinajstić information content (AvgIpc) is 2.48. The summed E-state index contributed by atoms with van der Waals surface area (Å²) in [6.45, 7) is 6.20. The van der Waals surface area contributed by atoms with Crippen molar-refractivity contribution in [1.29, 1.82) is 0 Å². The highest BCUT2D eigenvalue weighted by molar-refractivity contribution is 4.80. The lowest BCUT2D eigenvalue weighted by atomic mass is 9.93. The molecule has 0 saturated carbocycles. The van der Waals surface area contributed by atoms with Crippen LogP contribution in [0.25, 0.3) is 0 Å². The fourth-order valence-corrected chi connectivity index (χ4v) is 1.98. The number of hydrogen-bond donors (Lipinski definition) is 1. The molecule has 4 unspecified atom stereocenters. The van der Waals surface area contributed by atoms with Crippen LogP contribution in [0.3, 0.4) is 0 Å². The van der Waals surface area contributed by atoms with Gasteiger partial charge in [-0.15, -0.1) is 0 Å². The molecular formula is C14H32O6. The molecule has 6 nitrogen and oxygen atoms in total. The van der Waals surface area contributed by atoms with Crippen molar-refractivity contribution in [3.8, 4) is 0 Å². The predicted octanol–water partition coefficient (Wildman–Crippen LogP) is 1.31. The first kappa shape index (κ1) is 19.8. The van der Waals surface area contributed by atoms with E-state index in [1.807, 2.05) is 13.8 Å². The zero-order valence-corrected chi connectivity index (χ0v) is 13.3. The quantitative estimate of drug-likeness (QED) is 0.715. The summed E-state index contributed by atoms with van der Waals surface area (Å²) < 4.78 is 25.5. The number of methoxy groups -OCH3 is 3. The van der Waals surface area contributed by atoms with Gasteiger partial charge in [-0.25, -0.2) is 0 Å². The Morgan fingerprint density at radius 2 is 1.90 bits per heavy atom. The third-order valence-corrected chi connectivity index (χ3v) is 3.31. The van der Waals surface area contributed by atoms with Crippen LogP contribution in [0, 0.1) is 5.92 Å². The largest absolute Gasteiger partial charge is 0.394 e. The first-order valence-electron chi connectivity index (χ1n) is 7.03. The fourth-order valence-electron chi connectivity index (χ4n) is 1.98. The molecule has 0 aliphatic carbocycles. The second-order valence-electron chi connectivity index (χ2n) is 4.58. The van der Waals surface area contributed by atoms with Gasteiger partial charge >= 0.3 is 0 Å². The van der Waals surface area contributed by atoms with Crippen LogP contribution < -0.4 is 0 Å². The van der Waals surface area contributed by atoms with Gasteiger partial charge in [-0.1, -0.05) is 6.92 Å². The maximum atomic E-state index is 9.05. The molecule has 1 aliphatic heterocycles. The number of hydrogen-bond acceptors (Lipinski definition) is 6. The number of rotatable bonds is 7. The molecule has 0 amide bonds. The lowest BCUT2D eigenvalue weighted by Gasteiger charge is -2.38. The van der Waals surface area contributed by atoms with Crippen LogP contribution in [-0.4, -0.2) is 71.4 Å². The second-order valence-corrected chi connectivity index (χ2v) is 4.58. The van der Waals surface area contributed by atoms with Crippen LogP contribution in [0.1, 0.15) is 21.7 Å². The summed E-state index contributed by atoms with van der Waals surface area (Å²) in [5, 5.41) is 9.05. The van der Waals surface area contributed by atoms with E-state index in [-0.39, 0.29) is 32.4 Å². The Bertz CT molecular complexity index is 202. The molecule has 1 rings (SSSR count). The summed E-state index contributed by atoms with van der Waals surface area (Å²) in [5.74, 6) is 0.210. The van der Waals surface area contributed by atoms with Crippen LogP contribution in [0.5, 0.6) is 0 Å². The van der Waals surface area contributed by atoms with Crippen molar-refractivity contribution >= 4 is 0 Å². The van der Waals surface area contributed by atoms with E-state index in [2.05, 4.69) is 0 Å². The minimum absolute atomic E-state index is 0. The van der Waals surface area contributed by atoms with Gasteiger partial charge in [0.1, 0.15) is 0 Å². The normalized spacial score (nSPS) is 29.7. The van der Waals surface area contributed by atoms with Gasteiger partial charge in [0.2, 0.25) is 0 Å². The van der Waals surface area contributed by atoms with Crippen molar-refractivity contribution in [3.05, 3.63) is 0 Å². The third kappa shape index (κ3) is 7.52. The molecule has 1 saturated heterocycles. The van der Waals surface area contributed by atoms with Crippen molar-refractivity contribution in [1.82, 2.24) is 0 Å². The van der Waals surface area contributed by atoms with Gasteiger partial charge in [0.25, 0.3) is 0 Å². The zero-order chi connectivity index (χ0) is 15.4. The summed E-state index contributed by atoms with van der Waals surface area (Å²) in [4.78, 5) is 0. The first-order valence-corrected chi connectivity index (χ1v) is 7.03. The molecule has 0 spiro atoms. The predicted molar refractivity (Wildman–Crippen MR) is 77.8 cm³/mol. The molecule has 0 radical (unpaired) electrons. The molecule has 6 heteroatoms. The van der Waals surface area contributed by atoms with Gasteiger partial charge in [-0.3, -0.25) is 0 Å². The summed E-state index contributed by atoms with van der Waals surface area (Å²) in [7, 11) is 4.94. The summed E-state index contributed by atoms with van der Waals surface area (Å²) in [5.41, 5.74) is 0. The standard InChI is InChI=1S/C9H18O4.C5H12O2.H2/c1-6-7(11-2)4-9(12-3)13-8(6)5-10;1-3-7-5-4-6-2;/h6-10H,4-5H2,1-3H3;3-5H2,1-2H3;1H. The molecular weight excluding hydrogens is 264 g/mol. The molecule has 0 aromatic heterocycles. The van der Waals surface area contributed by atoms with Gasteiger partial charge in [-0.2, -0.15) is 0 Å². The van der Waals surface area contributed by atoms with Crippen LogP contribution >= 0.6 is 0 Å². The van der Waals surface area contributed by atoms with Gasteiger partial charge in [0.05, 0.1) is 32.0 Å². The topological polar surface area (TPSA) is 66.4 Å². The molecule has 1 aliphatic rings. The van der Waals surface area contributed by atoms with E-state index in [0.717, 1.165) is 13.0 Å². The second kappa shape index (κ2) is 12.5. The van der Waals surface area contributed by atoms with E-state index < -0.39 is 0 Å². The Labute approximate surface area is 123 Å². The Kier molecular flexibility index (Phi) is 12.3. The number of ether oxygens (including phenoxy) is 5. The molecule has 0 aromatic carbocycles. The maximum absolute atomic E-state index is 9.05. The average molecular weight is 296 g/mol. The first-order chi connectivity index (χ1) is 9.64. The third-order valence-electron chi connectivity index (χ3n) is 3.31. The number of aliphatic hydroxyl groups is 1. The van der Waals surface area contributed by atoms with Crippen LogP contribution in [0.15, 0.2) is 0 Å². The highest BCUT2D eigenvalue weighted by atomic mass is 16.7. The molecule has 1 N–H and O–H groups in total. The van der Waals surface area contributed by atoms with E-state index >= 15 is 0 Å². The van der Waals surface area contributed by atoms with Crippen molar-refractivity contribution in [2.45, 2.75) is 38.8 Å². The van der Waals surface area contributed by atoms with E-state index in [0.29, 0.717) is 13.2 Å². The van der Waals surface area contributed by atoms with Gasteiger partial charge in [0, 0.05) is 41.7 Å². The summed E-state index contributed by atoms with van der Waals surface area (Å²) in [6, 6.07) is 0. The molecule has 124 valence electrons. The molecule has 20 heavy (non-hydrogen) atoms. The molecule has 4 atom stereocenters. The zero-order valence-electron chi connectivity index (χ0n) is 13.3. The fraction of sp³-hybridized carbons (Fsp3) is 1.00. The van der Waals surface area contributed by atoms with E-state index in [1.165, 1.54) is 0 Å². The van der Waals surface area contributed by atoms with Crippen molar-refractivity contribution in [2.75, 3.05) is 47.8 Å². The summed E-state index contributed by atoms with van der Waals surface area (Å²) >= 11 is 0. The lowest BCUT2D eigenvalue weighted by Crippen LogP contribution is -2.45. The maximum Gasteiger partial charge on any atom is 0.160 e. The van der Waals surface area contributed by atoms with E-state index in [9.17, 15) is 0 Å². The minimum atomic E-state index is -0.252. The SMILES string of the molecule is CCOCCOC.COC1CC(OC)C(C)C(CO)O1.[HH]. The Morgan fingerprint density at radius 3 is 2.35 bits per heavy atom. The highest BCUT2D eigenvalue weighted by Gasteiger charge is 2.35. The monoisotopic (exact) mass is 296 g/mol. The Hall–Kier alpha value is -0.240. The highest BCUT2D eigenvalue weighted by Crippen LogP contribution is 2.27. The van der Waals surface area contributed by atoms with Crippen LogP contribution in [0.4, 0.5) is 0 Å². The molecule has 0 aromatic rings. The van der Waals surface area contributed by atoms with E-state index in [1.54, 1.807) is 21.3 Å². The van der Waals surface area contributed by atoms with Gasteiger partial charge in [0.15, 0.2) is 6.29 Å². The van der Waals surface area contributed by atoms with Crippen molar-refractivity contribution in [2.24, 2.45) is 5.92 Å².